The van der Waals surface area contributed by atoms with Crippen LogP contribution in [0.4, 0.5) is 4.39 Å². The van der Waals surface area contributed by atoms with Gasteiger partial charge in [-0.15, -0.1) is 11.6 Å². The summed E-state index contributed by atoms with van der Waals surface area (Å²) < 4.78 is 40.9. The molecule has 0 atom stereocenters. The first kappa shape index (κ1) is 16.7. The number of hydrogen-bond donors (Lipinski definition) is 0. The molecule has 1 aromatic rings. The average molecular weight is 335 g/mol. The number of rotatable bonds is 3. The van der Waals surface area contributed by atoms with E-state index in [0.29, 0.717) is 25.2 Å². The molecule has 21 heavy (non-hydrogen) atoms. The highest BCUT2D eigenvalue weighted by Crippen LogP contribution is 2.25. The van der Waals surface area contributed by atoms with Gasteiger partial charge >= 0.3 is 0 Å². The van der Waals surface area contributed by atoms with Crippen molar-refractivity contribution in [3.05, 3.63) is 29.1 Å². The van der Waals surface area contributed by atoms with Crippen LogP contribution in [-0.4, -0.2) is 50.8 Å². The maximum absolute atomic E-state index is 13.9. The number of benzene rings is 1. The molecule has 1 aliphatic rings. The second kappa shape index (κ2) is 6.60. The number of sulfonamides is 1. The molecule has 7 heteroatoms. The lowest BCUT2D eigenvalue weighted by Crippen LogP contribution is -2.35. The van der Waals surface area contributed by atoms with Crippen molar-refractivity contribution in [3.8, 4) is 0 Å². The Morgan fingerprint density at radius 2 is 1.95 bits per heavy atom. The molecule has 0 amide bonds. The van der Waals surface area contributed by atoms with Crippen molar-refractivity contribution < 1.29 is 12.8 Å². The maximum atomic E-state index is 13.9. The zero-order valence-electron chi connectivity index (χ0n) is 12.3. The van der Waals surface area contributed by atoms with E-state index in [1.807, 2.05) is 7.05 Å². The molecule has 0 unspecified atom stereocenters. The van der Waals surface area contributed by atoms with Crippen LogP contribution in [0.5, 0.6) is 0 Å². The predicted octanol–water partition coefficient (Wildman–Crippen LogP) is 2.20. The summed E-state index contributed by atoms with van der Waals surface area (Å²) in [6, 6.07) is 2.77. The Hall–Kier alpha value is -0.690. The molecule has 0 aliphatic carbocycles. The smallest absolute Gasteiger partial charge is 0.243 e. The van der Waals surface area contributed by atoms with Gasteiger partial charge < -0.3 is 4.90 Å². The van der Waals surface area contributed by atoms with Crippen molar-refractivity contribution >= 4 is 21.6 Å². The summed E-state index contributed by atoms with van der Waals surface area (Å²) in [5, 5.41) is 0. The van der Waals surface area contributed by atoms with Gasteiger partial charge in [-0.1, -0.05) is 0 Å². The van der Waals surface area contributed by atoms with Crippen molar-refractivity contribution in [3.63, 3.8) is 0 Å². The summed E-state index contributed by atoms with van der Waals surface area (Å²) in [5.41, 5.74) is 0.631. The topological polar surface area (TPSA) is 40.6 Å². The molecule has 1 fully saturated rings. The minimum Gasteiger partial charge on any atom is -0.305 e. The van der Waals surface area contributed by atoms with E-state index in [2.05, 4.69) is 4.90 Å². The molecule has 0 aromatic heterocycles. The van der Waals surface area contributed by atoms with E-state index >= 15 is 0 Å². The van der Waals surface area contributed by atoms with Gasteiger partial charge in [0.25, 0.3) is 0 Å². The fourth-order valence-electron chi connectivity index (χ4n) is 2.45. The number of likely N-dealkylation sites (N-methyl/N-ethyl adjacent to an activating group) is 1. The summed E-state index contributed by atoms with van der Waals surface area (Å²) in [7, 11) is -1.72. The molecule has 1 saturated heterocycles. The van der Waals surface area contributed by atoms with E-state index < -0.39 is 15.8 Å². The molecule has 0 N–H and O–H groups in total. The Morgan fingerprint density at radius 1 is 1.24 bits per heavy atom. The number of nitrogens with zero attached hydrogens (tertiary/aromatic N) is 2. The highest BCUT2D eigenvalue weighted by atomic mass is 35.5. The zero-order chi connectivity index (χ0) is 15.6. The van der Waals surface area contributed by atoms with Gasteiger partial charge in [0, 0.05) is 31.1 Å². The monoisotopic (exact) mass is 334 g/mol. The van der Waals surface area contributed by atoms with Crippen LogP contribution in [0.2, 0.25) is 0 Å². The lowest BCUT2D eigenvalue weighted by molar-refractivity contribution is 0.347. The van der Waals surface area contributed by atoms with Crippen LogP contribution in [0.15, 0.2) is 17.0 Å². The van der Waals surface area contributed by atoms with Gasteiger partial charge in [-0.25, -0.2) is 12.8 Å². The standard InChI is InChI=1S/C14H20ClFN2O2S/c1-11-13(16)8-12(10-15)9-14(11)21(19,20)18-5-3-4-17(2)6-7-18/h8-9H,3-7,10H2,1-2H3. The maximum Gasteiger partial charge on any atom is 0.243 e. The van der Waals surface area contributed by atoms with Crippen LogP contribution in [0.25, 0.3) is 0 Å². The van der Waals surface area contributed by atoms with Crippen LogP contribution in [0.3, 0.4) is 0 Å². The summed E-state index contributed by atoms with van der Waals surface area (Å²) in [4.78, 5) is 2.13. The first-order valence-corrected chi connectivity index (χ1v) is 8.87. The highest BCUT2D eigenvalue weighted by molar-refractivity contribution is 7.89. The second-order valence-electron chi connectivity index (χ2n) is 5.40. The molecule has 0 saturated carbocycles. The molecular formula is C14H20ClFN2O2S. The van der Waals surface area contributed by atoms with Crippen LogP contribution in [-0.2, 0) is 15.9 Å². The van der Waals surface area contributed by atoms with E-state index in [4.69, 9.17) is 11.6 Å². The van der Waals surface area contributed by atoms with Gasteiger partial charge in [-0.05, 0) is 44.6 Å². The molecule has 0 bridgehead atoms. The molecule has 2 rings (SSSR count). The summed E-state index contributed by atoms with van der Waals surface area (Å²) in [6.45, 7) is 3.91. The lowest BCUT2D eigenvalue weighted by Gasteiger charge is -2.22. The Bertz CT molecular complexity index is 622. The first-order chi connectivity index (χ1) is 9.86. The fraction of sp³-hybridized carbons (Fsp3) is 0.571. The third-order valence-corrected chi connectivity index (χ3v) is 6.14. The third-order valence-electron chi connectivity index (χ3n) is 3.81. The van der Waals surface area contributed by atoms with Crippen molar-refractivity contribution in [2.45, 2.75) is 24.1 Å². The van der Waals surface area contributed by atoms with Crippen molar-refractivity contribution in [1.29, 1.82) is 0 Å². The normalized spacial score (nSPS) is 18.7. The number of halogens is 2. The summed E-state index contributed by atoms with van der Waals surface area (Å²) >= 11 is 5.72. The second-order valence-corrected chi connectivity index (χ2v) is 7.57. The summed E-state index contributed by atoms with van der Waals surface area (Å²) in [5.74, 6) is -0.443. The Balaban J connectivity index is 2.41. The average Bonchev–Trinajstić information content (AvgIpc) is 2.66. The van der Waals surface area contributed by atoms with Gasteiger partial charge in [0.1, 0.15) is 5.82 Å². The van der Waals surface area contributed by atoms with Crippen molar-refractivity contribution in [2.24, 2.45) is 0 Å². The van der Waals surface area contributed by atoms with Crippen LogP contribution in [0, 0.1) is 12.7 Å². The lowest BCUT2D eigenvalue weighted by atomic mass is 10.1. The minimum absolute atomic E-state index is 0.0303. The van der Waals surface area contributed by atoms with E-state index in [0.717, 1.165) is 13.0 Å². The molecular weight excluding hydrogens is 315 g/mol. The largest absolute Gasteiger partial charge is 0.305 e. The Labute approximate surface area is 130 Å². The van der Waals surface area contributed by atoms with Crippen LogP contribution >= 0.6 is 11.6 Å². The van der Waals surface area contributed by atoms with E-state index in [1.165, 1.54) is 23.4 Å². The van der Waals surface area contributed by atoms with Crippen LogP contribution < -0.4 is 0 Å². The van der Waals surface area contributed by atoms with E-state index in [1.54, 1.807) is 0 Å². The molecule has 0 radical (unpaired) electrons. The molecule has 1 aliphatic heterocycles. The van der Waals surface area contributed by atoms with Crippen molar-refractivity contribution in [1.82, 2.24) is 9.21 Å². The molecule has 1 heterocycles. The minimum atomic E-state index is -3.69. The van der Waals surface area contributed by atoms with Crippen molar-refractivity contribution in [2.75, 3.05) is 33.2 Å². The third kappa shape index (κ3) is 3.56. The summed E-state index contributed by atoms with van der Waals surface area (Å²) in [6.07, 6.45) is 0.770. The molecule has 0 spiro atoms. The molecule has 4 nitrogen and oxygen atoms in total. The fourth-order valence-corrected chi connectivity index (χ4v) is 4.36. The Kier molecular flexibility index (Phi) is 5.24. The predicted molar refractivity (Wildman–Crippen MR) is 81.6 cm³/mol. The van der Waals surface area contributed by atoms with Crippen LogP contribution in [0.1, 0.15) is 17.5 Å². The molecule has 1 aromatic carbocycles. The van der Waals surface area contributed by atoms with Gasteiger partial charge in [0.2, 0.25) is 10.0 Å². The first-order valence-electron chi connectivity index (χ1n) is 6.90. The quantitative estimate of drug-likeness (QED) is 0.796. The zero-order valence-corrected chi connectivity index (χ0v) is 13.8. The SMILES string of the molecule is Cc1c(F)cc(CCl)cc1S(=O)(=O)N1CCCN(C)CC1. The van der Waals surface area contributed by atoms with E-state index in [-0.39, 0.29) is 16.3 Å². The Morgan fingerprint density at radius 3 is 2.62 bits per heavy atom. The highest BCUT2D eigenvalue weighted by Gasteiger charge is 2.28. The molecule has 118 valence electrons. The van der Waals surface area contributed by atoms with Gasteiger partial charge in [0.05, 0.1) is 4.90 Å². The van der Waals surface area contributed by atoms with Gasteiger partial charge in [-0.2, -0.15) is 4.31 Å². The number of alkyl halides is 1. The van der Waals surface area contributed by atoms with Gasteiger partial charge in [0.15, 0.2) is 0 Å². The van der Waals surface area contributed by atoms with Gasteiger partial charge in [-0.3, -0.25) is 0 Å². The van der Waals surface area contributed by atoms with E-state index in [9.17, 15) is 12.8 Å². The number of hydrogen-bond acceptors (Lipinski definition) is 3.